The van der Waals surface area contributed by atoms with Crippen LogP contribution in [-0.4, -0.2) is 23.0 Å². The summed E-state index contributed by atoms with van der Waals surface area (Å²) in [5.74, 6) is 1.49. The molecule has 2 aromatic heterocycles. The molecule has 0 spiro atoms. The molecule has 1 aromatic carbocycles. The first kappa shape index (κ1) is 18.1. The van der Waals surface area contributed by atoms with Gasteiger partial charge in [0.25, 0.3) is 10.0 Å². The van der Waals surface area contributed by atoms with E-state index >= 15 is 0 Å². The maximum absolute atomic E-state index is 12.6. The van der Waals surface area contributed by atoms with Gasteiger partial charge < -0.3 is 0 Å². The van der Waals surface area contributed by atoms with Crippen LogP contribution in [0.4, 0.5) is 5.69 Å². The molecule has 26 heavy (non-hydrogen) atoms. The van der Waals surface area contributed by atoms with Crippen LogP contribution in [0.15, 0.2) is 59.9 Å². The van der Waals surface area contributed by atoms with E-state index in [-0.39, 0.29) is 10.3 Å². The zero-order chi connectivity index (χ0) is 18.9. The minimum absolute atomic E-state index is 0.0269. The van der Waals surface area contributed by atoms with Crippen LogP contribution in [0, 0.1) is 6.92 Å². The summed E-state index contributed by atoms with van der Waals surface area (Å²) in [7, 11) is -3.66. The highest BCUT2D eigenvalue weighted by molar-refractivity contribution is 7.92. The van der Waals surface area contributed by atoms with Crippen molar-refractivity contribution in [1.29, 1.82) is 0 Å². The third-order valence-electron chi connectivity index (χ3n) is 4.10. The molecule has 136 valence electrons. The van der Waals surface area contributed by atoms with Gasteiger partial charge in [-0.15, -0.1) is 0 Å². The maximum atomic E-state index is 12.6. The monoisotopic (exact) mass is 370 g/mol. The second-order valence-electron chi connectivity index (χ2n) is 7.13. The number of nitrogens with one attached hydrogen (secondary N) is 1. The summed E-state index contributed by atoms with van der Waals surface area (Å²) >= 11 is 0. The van der Waals surface area contributed by atoms with Crippen LogP contribution in [0.25, 0.3) is 5.82 Å². The highest BCUT2D eigenvalue weighted by atomic mass is 32.2. The van der Waals surface area contributed by atoms with E-state index in [1.165, 1.54) is 6.20 Å². The van der Waals surface area contributed by atoms with Gasteiger partial charge in [0, 0.05) is 12.4 Å². The molecule has 3 rings (SSSR count). The van der Waals surface area contributed by atoms with E-state index in [0.717, 1.165) is 11.4 Å². The van der Waals surface area contributed by atoms with Crippen molar-refractivity contribution in [2.75, 3.05) is 4.72 Å². The molecule has 1 N–H and O–H groups in total. The zero-order valence-corrected chi connectivity index (χ0v) is 16.1. The van der Waals surface area contributed by atoms with Gasteiger partial charge >= 0.3 is 0 Å². The summed E-state index contributed by atoms with van der Waals surface area (Å²) in [6.45, 7) is 8.14. The van der Waals surface area contributed by atoms with E-state index < -0.39 is 10.0 Å². The van der Waals surface area contributed by atoms with Crippen molar-refractivity contribution in [2.45, 2.75) is 38.0 Å². The van der Waals surface area contributed by atoms with Crippen molar-refractivity contribution in [3.63, 3.8) is 0 Å². The minimum Gasteiger partial charge on any atom is -0.288 e. The molecule has 0 amide bonds. The van der Waals surface area contributed by atoms with E-state index in [9.17, 15) is 8.42 Å². The Morgan fingerprint density at radius 1 is 1.00 bits per heavy atom. The van der Waals surface area contributed by atoms with Crippen molar-refractivity contribution in [3.8, 4) is 5.82 Å². The van der Waals surface area contributed by atoms with Crippen molar-refractivity contribution < 1.29 is 8.42 Å². The minimum atomic E-state index is -3.66. The van der Waals surface area contributed by atoms with Gasteiger partial charge in [0.05, 0.1) is 16.8 Å². The summed E-state index contributed by atoms with van der Waals surface area (Å²) in [5, 5.41) is 0. The molecule has 2 heterocycles. The number of benzene rings is 1. The van der Waals surface area contributed by atoms with Crippen LogP contribution in [0.1, 0.15) is 32.2 Å². The molecule has 0 fully saturated rings. The second-order valence-corrected chi connectivity index (χ2v) is 8.81. The number of aromatic nitrogens is 3. The number of hydrogen-bond donors (Lipinski definition) is 1. The smallest absolute Gasteiger partial charge is 0.261 e. The van der Waals surface area contributed by atoms with Crippen molar-refractivity contribution in [2.24, 2.45) is 0 Å². The lowest BCUT2D eigenvalue weighted by Crippen LogP contribution is -2.15. The molecule has 0 bridgehead atoms. The fourth-order valence-electron chi connectivity index (χ4n) is 2.56. The Labute approximate surface area is 154 Å². The molecular formula is C19H22N4O2S. The van der Waals surface area contributed by atoms with Crippen LogP contribution in [0.5, 0.6) is 0 Å². The summed E-state index contributed by atoms with van der Waals surface area (Å²) in [4.78, 5) is 8.67. The Hall–Kier alpha value is -2.67. The van der Waals surface area contributed by atoms with Gasteiger partial charge in [-0.1, -0.05) is 32.9 Å². The van der Waals surface area contributed by atoms with Crippen LogP contribution in [0.3, 0.4) is 0 Å². The topological polar surface area (TPSA) is 76.9 Å². The molecule has 0 atom stereocenters. The van der Waals surface area contributed by atoms with E-state index in [4.69, 9.17) is 0 Å². The molecule has 6 nitrogen and oxygen atoms in total. The Morgan fingerprint density at radius 3 is 2.19 bits per heavy atom. The largest absolute Gasteiger partial charge is 0.288 e. The van der Waals surface area contributed by atoms with Gasteiger partial charge in [0.1, 0.15) is 11.6 Å². The first-order valence-corrected chi connectivity index (χ1v) is 9.75. The number of aryl methyl sites for hydroxylation is 1. The summed E-state index contributed by atoms with van der Waals surface area (Å²) in [6.07, 6.45) is 4.99. The van der Waals surface area contributed by atoms with Gasteiger partial charge in [0.15, 0.2) is 0 Å². The SMILES string of the molecule is Cc1nccn1-c1ccc(NS(=O)(=O)c2ccc(C(C)(C)C)cc2)cn1. The highest BCUT2D eigenvalue weighted by Crippen LogP contribution is 2.24. The molecule has 3 aromatic rings. The molecule has 0 unspecified atom stereocenters. The fraction of sp³-hybridized carbons (Fsp3) is 0.263. The third-order valence-corrected chi connectivity index (χ3v) is 5.50. The Morgan fingerprint density at radius 2 is 1.69 bits per heavy atom. The van der Waals surface area contributed by atoms with Gasteiger partial charge in [-0.3, -0.25) is 9.29 Å². The third kappa shape index (κ3) is 3.77. The van der Waals surface area contributed by atoms with E-state index in [2.05, 4.69) is 35.5 Å². The number of imidazole rings is 1. The predicted octanol–water partition coefficient (Wildman–Crippen LogP) is 3.67. The fourth-order valence-corrected chi connectivity index (χ4v) is 3.60. The molecular weight excluding hydrogens is 348 g/mol. The van der Waals surface area contributed by atoms with Gasteiger partial charge in [0.2, 0.25) is 0 Å². The normalized spacial score (nSPS) is 12.2. The van der Waals surface area contributed by atoms with E-state index in [1.54, 1.807) is 36.7 Å². The quantitative estimate of drug-likeness (QED) is 0.760. The Kier molecular flexibility index (Phi) is 4.58. The number of rotatable bonds is 4. The van der Waals surface area contributed by atoms with Crippen LogP contribution < -0.4 is 4.72 Å². The van der Waals surface area contributed by atoms with E-state index in [0.29, 0.717) is 11.5 Å². The Balaban J connectivity index is 1.80. The number of sulfonamides is 1. The predicted molar refractivity (Wildman–Crippen MR) is 102 cm³/mol. The number of anilines is 1. The maximum Gasteiger partial charge on any atom is 0.261 e. The highest BCUT2D eigenvalue weighted by Gasteiger charge is 2.18. The van der Waals surface area contributed by atoms with Gasteiger partial charge in [-0.2, -0.15) is 0 Å². The lowest BCUT2D eigenvalue weighted by Gasteiger charge is -2.19. The average Bonchev–Trinajstić information content (AvgIpc) is 3.01. The summed E-state index contributed by atoms with van der Waals surface area (Å²) < 4.78 is 29.5. The number of hydrogen-bond acceptors (Lipinski definition) is 4. The Bertz CT molecular complexity index is 999. The average molecular weight is 370 g/mol. The van der Waals surface area contributed by atoms with Crippen LogP contribution in [-0.2, 0) is 15.4 Å². The van der Waals surface area contributed by atoms with Crippen molar-refractivity contribution >= 4 is 15.7 Å². The molecule has 0 aliphatic heterocycles. The van der Waals surface area contributed by atoms with Crippen molar-refractivity contribution in [1.82, 2.24) is 14.5 Å². The number of pyridine rings is 1. The lowest BCUT2D eigenvalue weighted by atomic mass is 9.87. The molecule has 0 saturated heterocycles. The van der Waals surface area contributed by atoms with Crippen LogP contribution in [0.2, 0.25) is 0 Å². The van der Waals surface area contributed by atoms with Gasteiger partial charge in [-0.05, 0) is 42.2 Å². The number of nitrogens with zero attached hydrogens (tertiary/aromatic N) is 3. The first-order chi connectivity index (χ1) is 12.2. The van der Waals surface area contributed by atoms with Crippen LogP contribution >= 0.6 is 0 Å². The first-order valence-electron chi connectivity index (χ1n) is 8.26. The van der Waals surface area contributed by atoms with Crippen molar-refractivity contribution in [3.05, 3.63) is 66.4 Å². The zero-order valence-electron chi connectivity index (χ0n) is 15.3. The lowest BCUT2D eigenvalue weighted by molar-refractivity contribution is 0.587. The van der Waals surface area contributed by atoms with Gasteiger partial charge in [-0.25, -0.2) is 18.4 Å². The summed E-state index contributed by atoms with van der Waals surface area (Å²) in [6, 6.07) is 10.4. The van der Waals surface area contributed by atoms with E-state index in [1.807, 2.05) is 23.6 Å². The molecule has 0 aliphatic carbocycles. The molecule has 0 saturated carbocycles. The molecule has 0 radical (unpaired) electrons. The molecule has 0 aliphatic rings. The second kappa shape index (κ2) is 6.57. The molecule has 7 heteroatoms. The standard InChI is InChI=1S/C19H22N4O2S/c1-14-20-11-12-23(14)18-10-7-16(13-21-18)22-26(24,25)17-8-5-15(6-9-17)19(2,3)4/h5-13,22H,1-4H3. The summed E-state index contributed by atoms with van der Waals surface area (Å²) in [5.41, 5.74) is 1.46.